The number of aromatic nitrogens is 1. The third kappa shape index (κ3) is 6.47. The molecule has 3 nitrogen and oxygen atoms in total. The van der Waals surface area contributed by atoms with E-state index in [-0.39, 0.29) is 19.5 Å². The van der Waals surface area contributed by atoms with Crippen LogP contribution in [0, 0.1) is 0 Å². The summed E-state index contributed by atoms with van der Waals surface area (Å²) in [5.41, 5.74) is 2.79. The Labute approximate surface area is 147 Å². The fourth-order valence-corrected chi connectivity index (χ4v) is 2.29. The minimum atomic E-state index is 0. The Hall–Kier alpha value is -1.10. The fraction of sp³-hybridized carbons (Fsp3) is 0.133. The van der Waals surface area contributed by atoms with E-state index in [1.807, 2.05) is 43.3 Å². The van der Waals surface area contributed by atoms with Gasteiger partial charge in [-0.05, 0) is 29.0 Å². The van der Waals surface area contributed by atoms with E-state index in [1.165, 1.54) is 17.3 Å². The van der Waals surface area contributed by atoms with Crippen LogP contribution in [0.15, 0.2) is 64.9 Å². The Morgan fingerprint density at radius 1 is 1.10 bits per heavy atom. The van der Waals surface area contributed by atoms with Crippen LogP contribution >= 0.6 is 11.8 Å². The Balaban J connectivity index is 0.00000220. The van der Waals surface area contributed by atoms with Crippen LogP contribution in [0.1, 0.15) is 18.2 Å². The van der Waals surface area contributed by atoms with Crippen molar-refractivity contribution in [2.75, 3.05) is 0 Å². The summed E-state index contributed by atoms with van der Waals surface area (Å²) in [4.78, 5) is 4.21. The summed E-state index contributed by atoms with van der Waals surface area (Å²) in [5.74, 6) is 0.807. The molecule has 1 heterocycles. The number of pyridine rings is 1. The Morgan fingerprint density at radius 3 is 2.48 bits per heavy atom. The Bertz CT molecular complexity index is 601. The first-order valence-electron chi connectivity index (χ1n) is 6.13. The molecule has 0 atom stereocenters. The molecule has 0 radical (unpaired) electrons. The van der Waals surface area contributed by atoms with Gasteiger partial charge in [0.2, 0.25) is 0 Å². The van der Waals surface area contributed by atoms with Crippen LogP contribution in [-0.2, 0) is 37.9 Å². The number of rotatable bonds is 4. The number of benzene rings is 1. The van der Waals surface area contributed by atoms with Gasteiger partial charge in [-0.3, -0.25) is 4.98 Å². The van der Waals surface area contributed by atoms with E-state index in [0.717, 1.165) is 17.2 Å². The molecule has 0 aliphatic carbocycles. The summed E-state index contributed by atoms with van der Waals surface area (Å²) in [5, 5.41) is 8.18. The van der Waals surface area contributed by atoms with E-state index in [2.05, 4.69) is 27.3 Å². The van der Waals surface area contributed by atoms with Crippen molar-refractivity contribution in [1.82, 2.24) is 4.98 Å². The van der Waals surface area contributed by atoms with Crippen molar-refractivity contribution < 1.29 is 19.5 Å². The number of nitrogens with zero attached hydrogens (tertiary/aromatic N) is 3. The molecule has 0 fully saturated rings. The predicted molar refractivity (Wildman–Crippen MR) is 89.0 cm³/mol. The van der Waals surface area contributed by atoms with Crippen molar-refractivity contribution in [3.8, 4) is 0 Å². The smallest absolute Gasteiger partial charge is 0.752 e. The van der Waals surface area contributed by atoms with Crippen LogP contribution in [0.3, 0.4) is 0 Å². The molecule has 0 bridgehead atoms. The van der Waals surface area contributed by atoms with Gasteiger partial charge in [0.25, 0.3) is 0 Å². The summed E-state index contributed by atoms with van der Waals surface area (Å²) >= 11 is 6.69. The van der Waals surface area contributed by atoms with Crippen LogP contribution < -0.4 is 0 Å². The SMILES string of the molecule is C/C(=N\N=C(/[S-])SCc1ccccc1)c1ccccn1.[Zn+2]. The van der Waals surface area contributed by atoms with Gasteiger partial charge in [-0.15, -0.1) is 11.8 Å². The molecule has 0 saturated carbocycles. The minimum Gasteiger partial charge on any atom is -0.752 e. The second-order valence-corrected chi connectivity index (χ2v) is 5.65. The van der Waals surface area contributed by atoms with Gasteiger partial charge in [0.1, 0.15) is 0 Å². The average molecular weight is 366 g/mol. The molecule has 0 saturated heterocycles. The molecule has 0 aliphatic rings. The summed E-state index contributed by atoms with van der Waals surface area (Å²) in [6, 6.07) is 15.8. The normalized spacial score (nSPS) is 11.9. The van der Waals surface area contributed by atoms with E-state index >= 15 is 0 Å². The van der Waals surface area contributed by atoms with E-state index in [9.17, 15) is 0 Å². The molecule has 0 amide bonds. The molecule has 2 rings (SSSR count). The fourth-order valence-electron chi connectivity index (χ4n) is 1.49. The molecule has 21 heavy (non-hydrogen) atoms. The van der Waals surface area contributed by atoms with Gasteiger partial charge in [0.05, 0.1) is 11.4 Å². The predicted octanol–water partition coefficient (Wildman–Crippen LogP) is 3.64. The van der Waals surface area contributed by atoms with E-state index in [1.54, 1.807) is 6.20 Å². The molecule has 2 aromatic rings. The second-order valence-electron chi connectivity index (χ2n) is 4.04. The van der Waals surface area contributed by atoms with Crippen molar-refractivity contribution in [2.24, 2.45) is 10.2 Å². The molecule has 102 valence electrons. The molecule has 0 spiro atoms. The largest absolute Gasteiger partial charge is 2.00 e. The Kier molecular flexibility index (Phi) is 8.35. The maximum Gasteiger partial charge on any atom is 2.00 e. The average Bonchev–Trinajstić information content (AvgIpc) is 2.52. The van der Waals surface area contributed by atoms with Crippen molar-refractivity contribution in [3.05, 3.63) is 66.0 Å². The van der Waals surface area contributed by atoms with Gasteiger partial charge in [-0.1, -0.05) is 36.4 Å². The van der Waals surface area contributed by atoms with Gasteiger partial charge in [0.15, 0.2) is 0 Å². The quantitative estimate of drug-likeness (QED) is 0.273. The maximum absolute atomic E-state index is 5.19. The minimum absolute atomic E-state index is 0. The third-order valence-corrected chi connectivity index (χ3v) is 3.76. The zero-order chi connectivity index (χ0) is 14.2. The zero-order valence-electron chi connectivity index (χ0n) is 11.8. The van der Waals surface area contributed by atoms with Crippen molar-refractivity contribution in [3.63, 3.8) is 0 Å². The van der Waals surface area contributed by atoms with E-state index < -0.39 is 0 Å². The standard InChI is InChI=1S/C15H15N3S2.Zn/c1-12(14-9-5-6-10-16-14)17-18-15(19)20-11-13-7-3-2-4-8-13;/h2-10H,11H2,1H3,(H,18,19);/q;+2/p-1/b17-12+;. The van der Waals surface area contributed by atoms with Gasteiger partial charge in [-0.25, -0.2) is 0 Å². The second kappa shape index (κ2) is 9.77. The van der Waals surface area contributed by atoms with Crippen LogP contribution in [0.5, 0.6) is 0 Å². The van der Waals surface area contributed by atoms with Crippen LogP contribution in [0.4, 0.5) is 0 Å². The first-order valence-corrected chi connectivity index (χ1v) is 7.52. The molecule has 1 aromatic carbocycles. The maximum atomic E-state index is 5.19. The van der Waals surface area contributed by atoms with E-state index in [4.69, 9.17) is 12.6 Å². The molecular formula is C15H14N3S2Zn+. The van der Waals surface area contributed by atoms with Crippen LogP contribution in [0.2, 0.25) is 0 Å². The molecule has 6 heteroatoms. The van der Waals surface area contributed by atoms with Crippen molar-refractivity contribution in [1.29, 1.82) is 0 Å². The summed E-state index contributed by atoms with van der Waals surface area (Å²) in [6.45, 7) is 1.87. The molecule has 0 aliphatic heterocycles. The number of hydrogen-bond acceptors (Lipinski definition) is 5. The van der Waals surface area contributed by atoms with E-state index in [0.29, 0.717) is 4.38 Å². The van der Waals surface area contributed by atoms with Crippen LogP contribution in [-0.4, -0.2) is 15.1 Å². The molecule has 0 unspecified atom stereocenters. The van der Waals surface area contributed by atoms with Gasteiger partial charge in [-0.2, -0.15) is 10.2 Å². The summed E-state index contributed by atoms with van der Waals surface area (Å²) in [6.07, 6.45) is 1.73. The summed E-state index contributed by atoms with van der Waals surface area (Å²) < 4.78 is 0.532. The van der Waals surface area contributed by atoms with Gasteiger partial charge >= 0.3 is 19.5 Å². The van der Waals surface area contributed by atoms with Crippen molar-refractivity contribution in [2.45, 2.75) is 12.7 Å². The number of thioether (sulfide) groups is 1. The first-order chi connectivity index (χ1) is 9.75. The van der Waals surface area contributed by atoms with Gasteiger partial charge < -0.3 is 12.6 Å². The topological polar surface area (TPSA) is 37.6 Å². The molecule has 1 aromatic heterocycles. The number of hydrogen-bond donors (Lipinski definition) is 0. The first kappa shape index (κ1) is 18.0. The third-order valence-electron chi connectivity index (χ3n) is 2.52. The Morgan fingerprint density at radius 2 is 1.81 bits per heavy atom. The van der Waals surface area contributed by atoms with Crippen molar-refractivity contribution >= 4 is 34.5 Å². The van der Waals surface area contributed by atoms with Gasteiger partial charge in [0, 0.05) is 11.9 Å². The summed E-state index contributed by atoms with van der Waals surface area (Å²) in [7, 11) is 0. The zero-order valence-corrected chi connectivity index (χ0v) is 16.4. The molecule has 0 N–H and O–H groups in total. The monoisotopic (exact) mass is 364 g/mol. The molecular weight excluding hydrogens is 352 g/mol. The van der Waals surface area contributed by atoms with Crippen LogP contribution in [0.25, 0.3) is 0 Å².